The Hall–Kier alpha value is -1.87. The van der Waals surface area contributed by atoms with Crippen LogP contribution in [0.2, 0.25) is 0 Å². The Balaban J connectivity index is 2.50. The second-order valence-electron chi connectivity index (χ2n) is 4.46. The van der Waals surface area contributed by atoms with E-state index in [0.717, 1.165) is 11.1 Å². The fourth-order valence-corrected chi connectivity index (χ4v) is 2.33. The van der Waals surface area contributed by atoms with E-state index in [-0.39, 0.29) is 0 Å². The minimum absolute atomic E-state index is 0.678. The van der Waals surface area contributed by atoms with Crippen LogP contribution < -0.4 is 0 Å². The van der Waals surface area contributed by atoms with Crippen LogP contribution >= 0.6 is 0 Å². The molecule has 0 spiro atoms. The van der Waals surface area contributed by atoms with Gasteiger partial charge in [0.15, 0.2) is 0 Å². The zero-order chi connectivity index (χ0) is 13.2. The fraction of sp³-hybridized carbons (Fsp3) is 0.267. The average Bonchev–Trinajstić information content (AvgIpc) is 2.39. The number of benzene rings is 1. The van der Waals surface area contributed by atoms with Crippen molar-refractivity contribution in [2.24, 2.45) is 5.92 Å². The Morgan fingerprint density at radius 3 is 2.56 bits per heavy atom. The van der Waals surface area contributed by atoms with Crippen LogP contribution in [0.25, 0.3) is 5.57 Å². The zero-order valence-electron chi connectivity index (χ0n) is 10.5. The number of aliphatic carboxylic acids is 1. The predicted molar refractivity (Wildman–Crippen MR) is 70.1 cm³/mol. The maximum atomic E-state index is 11.3. The highest BCUT2D eigenvalue weighted by molar-refractivity contribution is 5.84. The number of carboxylic acids is 1. The van der Waals surface area contributed by atoms with Crippen LogP contribution in [0.4, 0.5) is 0 Å². The molecule has 1 aromatic rings. The van der Waals surface area contributed by atoms with Crippen LogP contribution in [0.15, 0.2) is 48.6 Å². The summed E-state index contributed by atoms with van der Waals surface area (Å²) in [6.45, 7) is 1.81. The van der Waals surface area contributed by atoms with Gasteiger partial charge in [-0.15, -0.1) is 0 Å². The first kappa shape index (κ1) is 12.6. The number of ether oxygens (including phenoxy) is 1. The number of carbonyl (C=O) groups is 1. The molecule has 0 aromatic heterocycles. The molecular weight excluding hydrogens is 228 g/mol. The Bertz CT molecular complexity index is 502. The Morgan fingerprint density at radius 2 is 2.00 bits per heavy atom. The maximum Gasteiger partial charge on any atom is 0.313 e. The van der Waals surface area contributed by atoms with Crippen molar-refractivity contribution < 1.29 is 14.6 Å². The van der Waals surface area contributed by atoms with Crippen molar-refractivity contribution in [1.29, 1.82) is 0 Å². The molecule has 1 aliphatic rings. The second kappa shape index (κ2) is 4.78. The molecule has 0 bridgehead atoms. The van der Waals surface area contributed by atoms with E-state index in [1.807, 2.05) is 43.3 Å². The molecule has 0 radical (unpaired) electrons. The third-order valence-electron chi connectivity index (χ3n) is 3.47. The van der Waals surface area contributed by atoms with Gasteiger partial charge in [-0.3, -0.25) is 4.79 Å². The molecule has 2 rings (SSSR count). The molecular formula is C15H16O3. The van der Waals surface area contributed by atoms with E-state index >= 15 is 0 Å². The zero-order valence-corrected chi connectivity index (χ0v) is 10.5. The van der Waals surface area contributed by atoms with Gasteiger partial charge in [0, 0.05) is 7.11 Å². The molecule has 94 valence electrons. The van der Waals surface area contributed by atoms with Gasteiger partial charge in [-0.25, -0.2) is 0 Å². The van der Waals surface area contributed by atoms with E-state index in [1.54, 1.807) is 19.3 Å². The lowest BCUT2D eigenvalue weighted by atomic mass is 9.76. The number of allylic oxidation sites excluding steroid dienone is 2. The highest BCUT2D eigenvalue weighted by atomic mass is 16.5. The minimum atomic E-state index is -0.878. The second-order valence-corrected chi connectivity index (χ2v) is 4.46. The molecule has 0 aliphatic heterocycles. The number of hydrogen-bond acceptors (Lipinski definition) is 2. The topological polar surface area (TPSA) is 46.5 Å². The average molecular weight is 244 g/mol. The summed E-state index contributed by atoms with van der Waals surface area (Å²) in [5, 5.41) is 9.31. The summed E-state index contributed by atoms with van der Waals surface area (Å²) in [7, 11) is 1.55. The fourth-order valence-electron chi connectivity index (χ4n) is 2.33. The molecule has 3 heteroatoms. The van der Waals surface area contributed by atoms with Crippen LogP contribution in [0.3, 0.4) is 0 Å². The molecule has 0 heterocycles. The van der Waals surface area contributed by atoms with E-state index in [1.165, 1.54) is 0 Å². The molecule has 0 saturated carbocycles. The Labute approximate surface area is 106 Å². The van der Waals surface area contributed by atoms with Crippen LogP contribution in [-0.2, 0) is 9.53 Å². The van der Waals surface area contributed by atoms with E-state index in [9.17, 15) is 9.90 Å². The molecule has 2 atom stereocenters. The molecule has 0 saturated heterocycles. The largest absolute Gasteiger partial charge is 0.481 e. The molecule has 18 heavy (non-hydrogen) atoms. The highest BCUT2D eigenvalue weighted by Gasteiger charge is 2.42. The summed E-state index contributed by atoms with van der Waals surface area (Å²) in [6, 6.07) is 9.71. The first-order valence-electron chi connectivity index (χ1n) is 5.82. The van der Waals surface area contributed by atoms with Gasteiger partial charge in [-0.05, 0) is 18.1 Å². The van der Waals surface area contributed by atoms with Crippen molar-refractivity contribution in [3.63, 3.8) is 0 Å². The minimum Gasteiger partial charge on any atom is -0.481 e. The molecule has 2 unspecified atom stereocenters. The SMILES string of the molecule is COC1(C)C(c2ccccc2)=CC=CC1C(=O)O. The molecule has 3 nitrogen and oxygen atoms in total. The first-order chi connectivity index (χ1) is 8.59. The molecule has 1 aromatic carbocycles. The van der Waals surface area contributed by atoms with E-state index in [4.69, 9.17) is 4.74 Å². The summed E-state index contributed by atoms with van der Waals surface area (Å²) >= 11 is 0. The number of rotatable bonds is 3. The van der Waals surface area contributed by atoms with Crippen LogP contribution in [0.1, 0.15) is 12.5 Å². The third-order valence-corrected chi connectivity index (χ3v) is 3.47. The first-order valence-corrected chi connectivity index (χ1v) is 5.82. The molecule has 1 N–H and O–H groups in total. The van der Waals surface area contributed by atoms with Crippen LogP contribution in [-0.4, -0.2) is 23.8 Å². The van der Waals surface area contributed by atoms with Crippen molar-refractivity contribution >= 4 is 11.5 Å². The molecule has 0 amide bonds. The number of carboxylic acid groups (broad SMARTS) is 1. The van der Waals surface area contributed by atoms with Crippen molar-refractivity contribution in [2.45, 2.75) is 12.5 Å². The lowest BCUT2D eigenvalue weighted by Gasteiger charge is -2.37. The van der Waals surface area contributed by atoms with Crippen LogP contribution in [0, 0.1) is 5.92 Å². The quantitative estimate of drug-likeness (QED) is 0.889. The van der Waals surface area contributed by atoms with Gasteiger partial charge in [0.1, 0.15) is 11.5 Å². The number of methoxy groups -OCH3 is 1. The standard InChI is InChI=1S/C15H16O3/c1-15(18-2)12(11-7-4-3-5-8-11)9-6-10-13(15)14(16)17/h3-10,13H,1-2H3,(H,16,17). The lowest BCUT2D eigenvalue weighted by Crippen LogP contribution is -2.42. The van der Waals surface area contributed by atoms with Gasteiger partial charge in [-0.1, -0.05) is 48.6 Å². The van der Waals surface area contributed by atoms with Crippen LogP contribution in [0.5, 0.6) is 0 Å². The van der Waals surface area contributed by atoms with Gasteiger partial charge in [-0.2, -0.15) is 0 Å². The normalized spacial score (nSPS) is 26.8. The summed E-state index contributed by atoms with van der Waals surface area (Å²) in [5.41, 5.74) is 1.03. The molecule has 0 fully saturated rings. The van der Waals surface area contributed by atoms with E-state index in [0.29, 0.717) is 0 Å². The van der Waals surface area contributed by atoms with Gasteiger partial charge in [0.2, 0.25) is 0 Å². The summed E-state index contributed by atoms with van der Waals surface area (Å²) < 4.78 is 5.52. The van der Waals surface area contributed by atoms with Gasteiger partial charge < -0.3 is 9.84 Å². The maximum absolute atomic E-state index is 11.3. The Morgan fingerprint density at radius 1 is 1.33 bits per heavy atom. The summed E-state index contributed by atoms with van der Waals surface area (Å²) in [6.07, 6.45) is 5.36. The third kappa shape index (κ3) is 1.97. The van der Waals surface area contributed by atoms with Crippen molar-refractivity contribution in [3.8, 4) is 0 Å². The molecule has 1 aliphatic carbocycles. The smallest absolute Gasteiger partial charge is 0.313 e. The number of hydrogen-bond donors (Lipinski definition) is 1. The highest BCUT2D eigenvalue weighted by Crippen LogP contribution is 2.39. The van der Waals surface area contributed by atoms with Crippen molar-refractivity contribution in [1.82, 2.24) is 0 Å². The lowest BCUT2D eigenvalue weighted by molar-refractivity contribution is -0.146. The van der Waals surface area contributed by atoms with E-state index in [2.05, 4.69) is 0 Å². The monoisotopic (exact) mass is 244 g/mol. The Kier molecular flexibility index (Phi) is 3.34. The van der Waals surface area contributed by atoms with Gasteiger partial charge in [0.05, 0.1) is 0 Å². The van der Waals surface area contributed by atoms with Crippen molar-refractivity contribution in [2.75, 3.05) is 7.11 Å². The summed E-state index contributed by atoms with van der Waals surface area (Å²) in [5.74, 6) is -1.56. The van der Waals surface area contributed by atoms with Gasteiger partial charge in [0.25, 0.3) is 0 Å². The predicted octanol–water partition coefficient (Wildman–Crippen LogP) is 2.75. The van der Waals surface area contributed by atoms with E-state index < -0.39 is 17.5 Å². The van der Waals surface area contributed by atoms with Gasteiger partial charge >= 0.3 is 5.97 Å². The summed E-state index contributed by atoms with van der Waals surface area (Å²) in [4.78, 5) is 11.3. The van der Waals surface area contributed by atoms with Crippen molar-refractivity contribution in [3.05, 3.63) is 54.1 Å².